The fourth-order valence-corrected chi connectivity index (χ4v) is 2.86. The van der Waals surface area contributed by atoms with Gasteiger partial charge in [-0.3, -0.25) is 9.36 Å². The number of amides is 1. The van der Waals surface area contributed by atoms with E-state index in [9.17, 15) is 13.6 Å². The lowest BCUT2D eigenvalue weighted by atomic mass is 9.86. The lowest BCUT2D eigenvalue weighted by Crippen LogP contribution is -2.38. The van der Waals surface area contributed by atoms with Crippen LogP contribution in [0.2, 0.25) is 0 Å². The number of hydrogen-bond acceptors (Lipinski definition) is 3. The van der Waals surface area contributed by atoms with E-state index >= 15 is 0 Å². The molecule has 23 heavy (non-hydrogen) atoms. The fourth-order valence-electron chi connectivity index (χ4n) is 2.86. The van der Waals surface area contributed by atoms with E-state index in [1.54, 1.807) is 41.5 Å². The monoisotopic (exact) mass is 320 g/mol. The fraction of sp³-hybridized carbons (Fsp3) is 0.438. The highest BCUT2D eigenvalue weighted by Gasteiger charge is 2.28. The molecule has 0 spiro atoms. The Morgan fingerprint density at radius 3 is 2.70 bits per heavy atom. The van der Waals surface area contributed by atoms with Crippen LogP contribution in [0.3, 0.4) is 0 Å². The standard InChI is InChI=1S/C16H18F2N4O/c17-15(18)11-4-6-12(7-5-11)20-16(23)13-2-1-3-14(21-13)22-9-8-19-10-22/h1-3,8-12,15H,4-7H2,(H,20,23)/t11-,12-. The molecule has 3 rings (SSSR count). The lowest BCUT2D eigenvalue weighted by molar-refractivity contribution is 0.0499. The smallest absolute Gasteiger partial charge is 0.270 e. The Morgan fingerprint density at radius 2 is 2.04 bits per heavy atom. The second-order valence-corrected chi connectivity index (χ2v) is 5.77. The van der Waals surface area contributed by atoms with Crippen LogP contribution in [0.15, 0.2) is 36.9 Å². The summed E-state index contributed by atoms with van der Waals surface area (Å²) in [7, 11) is 0. The normalized spacial score (nSPS) is 21.3. The molecule has 0 radical (unpaired) electrons. The van der Waals surface area contributed by atoms with Crippen molar-refractivity contribution in [1.82, 2.24) is 19.9 Å². The number of nitrogens with zero attached hydrogens (tertiary/aromatic N) is 3. The number of imidazole rings is 1. The average Bonchev–Trinajstić information content (AvgIpc) is 3.10. The number of carbonyl (C=O) groups excluding carboxylic acids is 1. The van der Waals surface area contributed by atoms with Gasteiger partial charge in [0, 0.05) is 24.4 Å². The molecule has 122 valence electrons. The third kappa shape index (κ3) is 3.72. The zero-order valence-electron chi connectivity index (χ0n) is 12.5. The number of carbonyl (C=O) groups is 1. The molecule has 0 saturated heterocycles. The molecule has 1 aliphatic carbocycles. The van der Waals surface area contributed by atoms with E-state index in [0.29, 0.717) is 37.2 Å². The van der Waals surface area contributed by atoms with E-state index < -0.39 is 12.3 Å². The highest BCUT2D eigenvalue weighted by atomic mass is 19.3. The Morgan fingerprint density at radius 1 is 1.26 bits per heavy atom. The topological polar surface area (TPSA) is 59.8 Å². The van der Waals surface area contributed by atoms with Crippen molar-refractivity contribution in [2.24, 2.45) is 5.92 Å². The molecule has 0 aliphatic heterocycles. The molecule has 1 saturated carbocycles. The van der Waals surface area contributed by atoms with Gasteiger partial charge in [0.25, 0.3) is 5.91 Å². The van der Waals surface area contributed by atoms with Crippen LogP contribution >= 0.6 is 0 Å². The Kier molecular flexibility index (Phi) is 4.64. The first-order valence-electron chi connectivity index (χ1n) is 7.68. The Hall–Kier alpha value is -2.31. The molecule has 0 bridgehead atoms. The van der Waals surface area contributed by atoms with Gasteiger partial charge >= 0.3 is 0 Å². The third-order valence-electron chi connectivity index (χ3n) is 4.20. The number of nitrogens with one attached hydrogen (secondary N) is 1. The minimum Gasteiger partial charge on any atom is -0.348 e. The first-order chi connectivity index (χ1) is 11.1. The second-order valence-electron chi connectivity index (χ2n) is 5.77. The molecule has 1 aliphatic rings. The molecule has 2 heterocycles. The van der Waals surface area contributed by atoms with Crippen LogP contribution in [0.5, 0.6) is 0 Å². The summed E-state index contributed by atoms with van der Waals surface area (Å²) in [6.45, 7) is 0. The number of alkyl halides is 2. The number of rotatable bonds is 4. The summed E-state index contributed by atoms with van der Waals surface area (Å²) in [5, 5.41) is 2.90. The first kappa shape index (κ1) is 15.6. The summed E-state index contributed by atoms with van der Waals surface area (Å²) < 4.78 is 27.0. The van der Waals surface area contributed by atoms with Gasteiger partial charge in [-0.15, -0.1) is 0 Å². The SMILES string of the molecule is O=C(N[C@H]1CC[C@H](C(F)F)CC1)c1cccc(-n2ccnc2)n1. The van der Waals surface area contributed by atoms with E-state index in [0.717, 1.165) is 0 Å². The number of pyridine rings is 1. The molecular weight excluding hydrogens is 302 g/mol. The van der Waals surface area contributed by atoms with Crippen LogP contribution in [0.4, 0.5) is 8.78 Å². The van der Waals surface area contributed by atoms with Gasteiger partial charge < -0.3 is 5.32 Å². The number of hydrogen-bond donors (Lipinski definition) is 1. The van der Waals surface area contributed by atoms with Crippen molar-refractivity contribution < 1.29 is 13.6 Å². The van der Waals surface area contributed by atoms with Gasteiger partial charge in [0.15, 0.2) is 0 Å². The minimum absolute atomic E-state index is 0.0591. The van der Waals surface area contributed by atoms with E-state index in [1.807, 2.05) is 0 Å². The zero-order valence-corrected chi connectivity index (χ0v) is 12.5. The zero-order chi connectivity index (χ0) is 16.2. The Balaban J connectivity index is 1.62. The van der Waals surface area contributed by atoms with Crippen LogP contribution in [-0.2, 0) is 0 Å². The van der Waals surface area contributed by atoms with Crippen molar-refractivity contribution in [3.8, 4) is 5.82 Å². The van der Waals surface area contributed by atoms with Crippen molar-refractivity contribution in [2.45, 2.75) is 38.2 Å². The van der Waals surface area contributed by atoms with Crippen molar-refractivity contribution >= 4 is 5.91 Å². The molecule has 1 amide bonds. The highest BCUT2D eigenvalue weighted by Crippen LogP contribution is 2.29. The molecule has 1 fully saturated rings. The summed E-state index contributed by atoms with van der Waals surface area (Å²) in [5.74, 6) is -0.199. The molecule has 0 unspecified atom stereocenters. The summed E-state index contributed by atoms with van der Waals surface area (Å²) in [5.41, 5.74) is 0.312. The first-order valence-corrected chi connectivity index (χ1v) is 7.68. The van der Waals surface area contributed by atoms with E-state index in [1.165, 1.54) is 0 Å². The molecule has 0 atom stereocenters. The summed E-state index contributed by atoms with van der Waals surface area (Å²) in [4.78, 5) is 20.6. The van der Waals surface area contributed by atoms with Crippen LogP contribution in [0.1, 0.15) is 36.2 Å². The van der Waals surface area contributed by atoms with Crippen LogP contribution in [0.25, 0.3) is 5.82 Å². The molecule has 2 aromatic rings. The third-order valence-corrected chi connectivity index (χ3v) is 4.20. The van der Waals surface area contributed by atoms with Crippen molar-refractivity contribution in [2.75, 3.05) is 0 Å². The van der Waals surface area contributed by atoms with E-state index in [-0.39, 0.29) is 11.9 Å². The lowest BCUT2D eigenvalue weighted by Gasteiger charge is -2.28. The van der Waals surface area contributed by atoms with Crippen molar-refractivity contribution in [1.29, 1.82) is 0 Å². The molecule has 1 N–H and O–H groups in total. The highest BCUT2D eigenvalue weighted by molar-refractivity contribution is 5.92. The maximum atomic E-state index is 12.6. The minimum atomic E-state index is -2.26. The second kappa shape index (κ2) is 6.85. The maximum Gasteiger partial charge on any atom is 0.270 e. The molecule has 5 nitrogen and oxygen atoms in total. The van der Waals surface area contributed by atoms with Gasteiger partial charge in [0.05, 0.1) is 0 Å². The van der Waals surface area contributed by atoms with Gasteiger partial charge in [-0.25, -0.2) is 18.7 Å². The summed E-state index contributed by atoms with van der Waals surface area (Å²) >= 11 is 0. The van der Waals surface area contributed by atoms with Gasteiger partial charge in [-0.1, -0.05) is 6.07 Å². The van der Waals surface area contributed by atoms with Gasteiger partial charge in [0.2, 0.25) is 6.43 Å². The van der Waals surface area contributed by atoms with E-state index in [2.05, 4.69) is 15.3 Å². The quantitative estimate of drug-likeness (QED) is 0.942. The molecule has 2 aromatic heterocycles. The maximum absolute atomic E-state index is 12.6. The number of halogens is 2. The predicted octanol–water partition coefficient (Wildman–Crippen LogP) is 2.82. The van der Waals surface area contributed by atoms with Crippen LogP contribution in [-0.4, -0.2) is 32.9 Å². The summed E-state index contributed by atoms with van der Waals surface area (Å²) in [6, 6.07) is 5.12. The van der Waals surface area contributed by atoms with Gasteiger partial charge in [-0.2, -0.15) is 0 Å². The van der Waals surface area contributed by atoms with Crippen LogP contribution in [0, 0.1) is 5.92 Å². The molecule has 7 heteroatoms. The van der Waals surface area contributed by atoms with Gasteiger partial charge in [0.1, 0.15) is 17.8 Å². The van der Waals surface area contributed by atoms with Crippen LogP contribution < -0.4 is 5.32 Å². The molecular formula is C16H18F2N4O. The van der Waals surface area contributed by atoms with Crippen molar-refractivity contribution in [3.63, 3.8) is 0 Å². The van der Waals surface area contributed by atoms with Gasteiger partial charge in [-0.05, 0) is 37.8 Å². The Labute approximate surface area is 132 Å². The number of aromatic nitrogens is 3. The molecule has 0 aromatic carbocycles. The average molecular weight is 320 g/mol. The van der Waals surface area contributed by atoms with Crippen molar-refractivity contribution in [3.05, 3.63) is 42.6 Å². The predicted molar refractivity (Wildman–Crippen MR) is 80.6 cm³/mol. The summed E-state index contributed by atoms with van der Waals surface area (Å²) in [6.07, 6.45) is 4.79. The Bertz CT molecular complexity index is 652. The van der Waals surface area contributed by atoms with E-state index in [4.69, 9.17) is 0 Å². The largest absolute Gasteiger partial charge is 0.348 e.